The molecule has 1 aliphatic carbocycles. The van der Waals surface area contributed by atoms with E-state index in [1.54, 1.807) is 0 Å². The number of hydrogen-bond donors (Lipinski definition) is 1. The fourth-order valence-electron chi connectivity index (χ4n) is 3.14. The van der Waals surface area contributed by atoms with Crippen molar-refractivity contribution in [1.82, 2.24) is 5.16 Å². The zero-order valence-corrected chi connectivity index (χ0v) is 12.2. The van der Waals surface area contributed by atoms with Crippen molar-refractivity contribution in [2.75, 3.05) is 5.73 Å². The highest BCUT2D eigenvalue weighted by Gasteiger charge is 2.27. The smallest absolute Gasteiger partial charge is 0.230 e. The van der Waals surface area contributed by atoms with E-state index in [9.17, 15) is 0 Å². The van der Waals surface area contributed by atoms with Crippen molar-refractivity contribution in [3.05, 3.63) is 35.5 Å². The third-order valence-electron chi connectivity index (χ3n) is 4.49. The first-order valence-electron chi connectivity index (χ1n) is 7.47. The maximum Gasteiger partial charge on any atom is 0.230 e. The van der Waals surface area contributed by atoms with E-state index in [4.69, 9.17) is 10.3 Å². The van der Waals surface area contributed by atoms with Crippen LogP contribution in [0.4, 0.5) is 5.88 Å². The summed E-state index contributed by atoms with van der Waals surface area (Å²) in [6.07, 6.45) is 4.91. The minimum Gasteiger partial charge on any atom is -0.367 e. The van der Waals surface area contributed by atoms with Crippen molar-refractivity contribution in [2.45, 2.75) is 45.4 Å². The van der Waals surface area contributed by atoms with E-state index < -0.39 is 0 Å². The fourth-order valence-corrected chi connectivity index (χ4v) is 3.14. The molecule has 0 unspecified atom stereocenters. The maximum absolute atomic E-state index is 6.02. The van der Waals surface area contributed by atoms with Crippen molar-refractivity contribution in [1.29, 1.82) is 0 Å². The normalized spacial score (nSPS) is 22.9. The minimum absolute atomic E-state index is 0.447. The molecule has 0 bridgehead atoms. The SMILES string of the molecule is Cc1ccc(-c2c(C3CCC(C)CC3)noc2N)cc1. The Kier molecular flexibility index (Phi) is 3.51. The van der Waals surface area contributed by atoms with Crippen molar-refractivity contribution >= 4 is 5.88 Å². The van der Waals surface area contributed by atoms with Crippen molar-refractivity contribution in [2.24, 2.45) is 5.92 Å². The number of nitrogens with zero attached hydrogens (tertiary/aromatic N) is 1. The van der Waals surface area contributed by atoms with Gasteiger partial charge in [-0.2, -0.15) is 0 Å². The Hall–Kier alpha value is -1.77. The van der Waals surface area contributed by atoms with Gasteiger partial charge in [-0.1, -0.05) is 54.8 Å². The highest BCUT2D eigenvalue weighted by molar-refractivity contribution is 5.75. The standard InChI is InChI=1S/C17H22N2O/c1-11-3-7-13(8-4-11)15-16(19-20-17(15)18)14-9-5-12(2)6-10-14/h3-4,7-8,12,14H,5-6,9-10,18H2,1-2H3. The number of benzene rings is 1. The Morgan fingerprint density at radius 1 is 1.10 bits per heavy atom. The second-order valence-corrected chi connectivity index (χ2v) is 6.13. The van der Waals surface area contributed by atoms with Crippen LogP contribution >= 0.6 is 0 Å². The zero-order chi connectivity index (χ0) is 14.1. The molecule has 1 aromatic heterocycles. The number of aromatic nitrogens is 1. The highest BCUT2D eigenvalue weighted by atomic mass is 16.5. The summed E-state index contributed by atoms with van der Waals surface area (Å²) in [7, 11) is 0. The van der Waals surface area contributed by atoms with Crippen LogP contribution in [-0.2, 0) is 0 Å². The number of nitrogen functional groups attached to an aromatic ring is 1. The van der Waals surface area contributed by atoms with Gasteiger partial charge < -0.3 is 10.3 Å². The Morgan fingerprint density at radius 3 is 2.40 bits per heavy atom. The van der Waals surface area contributed by atoms with Crippen LogP contribution in [0.15, 0.2) is 28.8 Å². The summed E-state index contributed by atoms with van der Waals surface area (Å²) in [5.41, 5.74) is 10.4. The molecule has 0 atom stereocenters. The molecule has 2 N–H and O–H groups in total. The third kappa shape index (κ3) is 2.45. The van der Waals surface area contributed by atoms with Gasteiger partial charge in [0.05, 0.1) is 11.3 Å². The van der Waals surface area contributed by atoms with Gasteiger partial charge in [0.1, 0.15) is 0 Å². The molecule has 1 saturated carbocycles. The quantitative estimate of drug-likeness (QED) is 0.872. The zero-order valence-electron chi connectivity index (χ0n) is 12.2. The molecule has 1 fully saturated rings. The molecule has 1 aromatic carbocycles. The highest BCUT2D eigenvalue weighted by Crippen LogP contribution is 2.41. The first kappa shape index (κ1) is 13.2. The van der Waals surface area contributed by atoms with E-state index in [0.29, 0.717) is 11.8 Å². The first-order valence-corrected chi connectivity index (χ1v) is 7.47. The van der Waals surface area contributed by atoms with E-state index >= 15 is 0 Å². The lowest BCUT2D eigenvalue weighted by Gasteiger charge is -2.25. The molecule has 0 saturated heterocycles. The van der Waals surface area contributed by atoms with Gasteiger partial charge in [-0.3, -0.25) is 0 Å². The van der Waals surface area contributed by atoms with Gasteiger partial charge in [-0.05, 0) is 31.2 Å². The summed E-state index contributed by atoms with van der Waals surface area (Å²) in [5.74, 6) is 1.77. The summed E-state index contributed by atoms with van der Waals surface area (Å²) >= 11 is 0. The van der Waals surface area contributed by atoms with Crippen LogP contribution in [0, 0.1) is 12.8 Å². The molecule has 3 heteroatoms. The Balaban J connectivity index is 1.95. The Labute approximate surface area is 120 Å². The molecule has 0 amide bonds. The summed E-state index contributed by atoms with van der Waals surface area (Å²) < 4.78 is 5.29. The summed E-state index contributed by atoms with van der Waals surface area (Å²) in [6, 6.07) is 8.42. The molecule has 0 spiro atoms. The molecule has 2 aromatic rings. The van der Waals surface area contributed by atoms with Crippen molar-refractivity contribution in [3.63, 3.8) is 0 Å². The molecular formula is C17H22N2O. The lowest BCUT2D eigenvalue weighted by Crippen LogP contribution is -2.11. The lowest BCUT2D eigenvalue weighted by atomic mass is 9.80. The van der Waals surface area contributed by atoms with Crippen LogP contribution in [0.1, 0.15) is 49.8 Å². The topological polar surface area (TPSA) is 52.0 Å². The molecular weight excluding hydrogens is 248 g/mol. The maximum atomic E-state index is 6.02. The van der Waals surface area contributed by atoms with Crippen LogP contribution in [-0.4, -0.2) is 5.16 Å². The van der Waals surface area contributed by atoms with E-state index in [2.05, 4.69) is 43.3 Å². The van der Waals surface area contributed by atoms with Crippen LogP contribution in [0.2, 0.25) is 0 Å². The van der Waals surface area contributed by atoms with Gasteiger partial charge in [-0.15, -0.1) is 0 Å². The number of hydrogen-bond acceptors (Lipinski definition) is 3. The van der Waals surface area contributed by atoms with Gasteiger partial charge in [0.25, 0.3) is 0 Å². The van der Waals surface area contributed by atoms with Gasteiger partial charge in [0.2, 0.25) is 5.88 Å². The Bertz CT molecular complexity index is 578. The molecule has 0 radical (unpaired) electrons. The van der Waals surface area contributed by atoms with Crippen LogP contribution in [0.3, 0.4) is 0 Å². The molecule has 3 nitrogen and oxygen atoms in total. The first-order chi connectivity index (χ1) is 9.65. The van der Waals surface area contributed by atoms with Crippen molar-refractivity contribution < 1.29 is 4.52 Å². The predicted octanol–water partition coefficient (Wildman–Crippen LogP) is 4.53. The van der Waals surface area contributed by atoms with Crippen LogP contribution in [0.5, 0.6) is 0 Å². The number of anilines is 1. The second kappa shape index (κ2) is 5.31. The van der Waals surface area contributed by atoms with Crippen LogP contribution in [0.25, 0.3) is 11.1 Å². The summed E-state index contributed by atoms with van der Waals surface area (Å²) in [4.78, 5) is 0. The molecule has 1 heterocycles. The van der Waals surface area contributed by atoms with Gasteiger partial charge in [0, 0.05) is 5.92 Å². The molecule has 1 aliphatic rings. The van der Waals surface area contributed by atoms with Crippen LogP contribution < -0.4 is 5.73 Å². The summed E-state index contributed by atoms with van der Waals surface area (Å²) in [5, 5.41) is 4.26. The predicted molar refractivity (Wildman–Crippen MR) is 81.5 cm³/mol. The van der Waals surface area contributed by atoms with Gasteiger partial charge >= 0.3 is 0 Å². The summed E-state index contributed by atoms with van der Waals surface area (Å²) in [6.45, 7) is 4.42. The van der Waals surface area contributed by atoms with Crippen molar-refractivity contribution in [3.8, 4) is 11.1 Å². The third-order valence-corrected chi connectivity index (χ3v) is 4.49. The fraction of sp³-hybridized carbons (Fsp3) is 0.471. The van der Waals surface area contributed by atoms with Gasteiger partial charge in [0.15, 0.2) is 0 Å². The van der Waals surface area contributed by atoms with E-state index in [1.165, 1.54) is 31.2 Å². The van der Waals surface area contributed by atoms with Gasteiger partial charge in [-0.25, -0.2) is 0 Å². The molecule has 20 heavy (non-hydrogen) atoms. The lowest BCUT2D eigenvalue weighted by molar-refractivity contribution is 0.331. The molecule has 106 valence electrons. The Morgan fingerprint density at radius 2 is 1.75 bits per heavy atom. The van der Waals surface area contributed by atoms with E-state index in [-0.39, 0.29) is 0 Å². The molecule has 0 aliphatic heterocycles. The monoisotopic (exact) mass is 270 g/mol. The largest absolute Gasteiger partial charge is 0.367 e. The number of nitrogens with two attached hydrogens (primary N) is 1. The average molecular weight is 270 g/mol. The number of aryl methyl sites for hydroxylation is 1. The molecule has 3 rings (SSSR count). The minimum atomic E-state index is 0.447. The van der Waals surface area contributed by atoms with E-state index in [0.717, 1.165) is 22.7 Å². The second-order valence-electron chi connectivity index (χ2n) is 6.13. The van der Waals surface area contributed by atoms with E-state index in [1.807, 2.05) is 0 Å². The number of rotatable bonds is 2. The average Bonchev–Trinajstić information content (AvgIpc) is 2.83.